The molecular formula is C7H6N2OS. The van der Waals surface area contributed by atoms with Crippen molar-refractivity contribution in [2.75, 3.05) is 0 Å². The molecule has 0 saturated carbocycles. The maximum Gasteiger partial charge on any atom is 0.123 e. The Balaban J connectivity index is 3.26. The third-order valence-electron chi connectivity index (χ3n) is 1.22. The second-order valence-electron chi connectivity index (χ2n) is 1.91. The van der Waals surface area contributed by atoms with Gasteiger partial charge >= 0.3 is 0 Å². The monoisotopic (exact) mass is 166 g/mol. The molecule has 3 nitrogen and oxygen atoms in total. The maximum absolute atomic E-state index is 10.8. The van der Waals surface area contributed by atoms with Gasteiger partial charge in [0.2, 0.25) is 0 Å². The summed E-state index contributed by atoms with van der Waals surface area (Å²) >= 11 is 0. The molecule has 0 aliphatic heterocycles. The molecule has 1 rings (SSSR count). The lowest BCUT2D eigenvalue weighted by atomic mass is 10.2. The molecule has 0 amide bonds. The predicted octanol–water partition coefficient (Wildman–Crippen LogP) is 0.540. The lowest BCUT2D eigenvalue weighted by Gasteiger charge is -1.95. The first-order valence-corrected chi connectivity index (χ1v) is 4.12. The van der Waals surface area contributed by atoms with Gasteiger partial charge in [0.15, 0.2) is 0 Å². The number of hydrogen-bond acceptors (Lipinski definition) is 2. The average Bonchev–Trinajstić information content (AvgIpc) is 2.04. The minimum Gasteiger partial charge on any atom is -0.248 e. The second-order valence-corrected chi connectivity index (χ2v) is 2.94. The molecule has 0 bridgehead atoms. The highest BCUT2D eigenvalue weighted by atomic mass is 32.2. The Kier molecular flexibility index (Phi) is 2.36. The molecule has 0 aliphatic carbocycles. The Morgan fingerprint density at radius 3 is 2.55 bits per heavy atom. The van der Waals surface area contributed by atoms with Crippen LogP contribution in [0, 0.1) is 11.3 Å². The van der Waals surface area contributed by atoms with Crippen LogP contribution in [0.2, 0.25) is 0 Å². The average molecular weight is 166 g/mol. The van der Waals surface area contributed by atoms with E-state index in [9.17, 15) is 4.21 Å². The quantitative estimate of drug-likeness (QED) is 0.661. The third-order valence-corrected chi connectivity index (χ3v) is 2.01. The molecule has 0 aliphatic rings. The van der Waals surface area contributed by atoms with Crippen molar-refractivity contribution in [3.8, 4) is 6.07 Å². The van der Waals surface area contributed by atoms with Crippen LogP contribution in [0.5, 0.6) is 0 Å². The van der Waals surface area contributed by atoms with E-state index in [4.69, 9.17) is 10.4 Å². The van der Waals surface area contributed by atoms with Crippen LogP contribution in [-0.2, 0) is 11.0 Å². The Labute approximate surface area is 67.0 Å². The molecule has 0 heterocycles. The van der Waals surface area contributed by atoms with Crippen molar-refractivity contribution < 1.29 is 4.21 Å². The van der Waals surface area contributed by atoms with E-state index in [0.717, 1.165) is 0 Å². The van der Waals surface area contributed by atoms with Gasteiger partial charge in [-0.1, -0.05) is 12.1 Å². The molecule has 4 heteroatoms. The van der Waals surface area contributed by atoms with Crippen molar-refractivity contribution >= 4 is 11.0 Å². The van der Waals surface area contributed by atoms with Crippen molar-refractivity contribution in [2.24, 2.45) is 5.14 Å². The smallest absolute Gasteiger partial charge is 0.123 e. The fourth-order valence-electron chi connectivity index (χ4n) is 0.734. The van der Waals surface area contributed by atoms with Crippen LogP contribution in [-0.4, -0.2) is 4.21 Å². The van der Waals surface area contributed by atoms with Gasteiger partial charge in [-0.05, 0) is 12.1 Å². The van der Waals surface area contributed by atoms with Gasteiger partial charge in [-0.15, -0.1) is 0 Å². The van der Waals surface area contributed by atoms with E-state index in [0.29, 0.717) is 10.5 Å². The summed E-state index contributed by atoms with van der Waals surface area (Å²) in [5.74, 6) is 0. The number of rotatable bonds is 1. The van der Waals surface area contributed by atoms with Crippen molar-refractivity contribution in [2.45, 2.75) is 4.90 Å². The molecule has 11 heavy (non-hydrogen) atoms. The summed E-state index contributed by atoms with van der Waals surface area (Å²) in [7, 11) is -1.56. The highest BCUT2D eigenvalue weighted by Crippen LogP contribution is 2.08. The number of nitrogens with zero attached hydrogens (tertiary/aromatic N) is 1. The van der Waals surface area contributed by atoms with Crippen LogP contribution < -0.4 is 5.14 Å². The van der Waals surface area contributed by atoms with E-state index in [2.05, 4.69) is 0 Å². The molecular weight excluding hydrogens is 160 g/mol. The normalized spacial score (nSPS) is 12.0. The minimum absolute atomic E-state index is 0.369. The summed E-state index contributed by atoms with van der Waals surface area (Å²) in [6.45, 7) is 0. The summed E-state index contributed by atoms with van der Waals surface area (Å²) in [6.07, 6.45) is 0. The highest BCUT2D eigenvalue weighted by molar-refractivity contribution is 7.82. The molecule has 1 atom stereocenters. The molecule has 2 N–H and O–H groups in total. The Morgan fingerprint density at radius 1 is 1.45 bits per heavy atom. The van der Waals surface area contributed by atoms with Crippen LogP contribution in [0.15, 0.2) is 29.2 Å². The topological polar surface area (TPSA) is 66.9 Å². The first-order valence-electron chi connectivity index (χ1n) is 2.91. The van der Waals surface area contributed by atoms with Crippen molar-refractivity contribution in [1.29, 1.82) is 5.26 Å². The van der Waals surface area contributed by atoms with E-state index >= 15 is 0 Å². The standard InChI is InChI=1S/C7H6N2OS/c8-5-6-3-1-2-4-7(6)11(9)10/h1-4H,9H2. The summed E-state index contributed by atoms with van der Waals surface area (Å²) in [5.41, 5.74) is 0.369. The lowest BCUT2D eigenvalue weighted by molar-refractivity contribution is 0.684. The lowest BCUT2D eigenvalue weighted by Crippen LogP contribution is -2.04. The Bertz CT molecular complexity index is 329. The SMILES string of the molecule is N#Cc1ccccc1S(N)=O. The van der Waals surface area contributed by atoms with Gasteiger partial charge in [0.1, 0.15) is 17.1 Å². The number of nitriles is 1. The van der Waals surface area contributed by atoms with E-state index in [-0.39, 0.29) is 0 Å². The molecule has 0 spiro atoms. The third kappa shape index (κ3) is 1.64. The van der Waals surface area contributed by atoms with Gasteiger partial charge in [0.05, 0.1) is 10.5 Å². The van der Waals surface area contributed by atoms with Gasteiger partial charge in [-0.2, -0.15) is 5.26 Å². The van der Waals surface area contributed by atoms with E-state index < -0.39 is 11.0 Å². The fourth-order valence-corrected chi connectivity index (χ4v) is 1.28. The largest absolute Gasteiger partial charge is 0.248 e. The Morgan fingerprint density at radius 2 is 2.09 bits per heavy atom. The van der Waals surface area contributed by atoms with Gasteiger partial charge in [0.25, 0.3) is 0 Å². The summed E-state index contributed by atoms with van der Waals surface area (Å²) < 4.78 is 10.8. The number of nitrogens with two attached hydrogens (primary N) is 1. The van der Waals surface area contributed by atoms with Gasteiger partial charge in [0, 0.05) is 0 Å². The highest BCUT2D eigenvalue weighted by Gasteiger charge is 2.02. The van der Waals surface area contributed by atoms with Crippen LogP contribution in [0.4, 0.5) is 0 Å². The zero-order chi connectivity index (χ0) is 8.27. The van der Waals surface area contributed by atoms with E-state index in [1.54, 1.807) is 24.3 Å². The van der Waals surface area contributed by atoms with Crippen LogP contribution in [0.1, 0.15) is 5.56 Å². The van der Waals surface area contributed by atoms with Gasteiger partial charge in [-0.3, -0.25) is 0 Å². The van der Waals surface area contributed by atoms with E-state index in [1.165, 1.54) is 0 Å². The molecule has 0 fully saturated rings. The van der Waals surface area contributed by atoms with Crippen LogP contribution >= 0.6 is 0 Å². The van der Waals surface area contributed by atoms with E-state index in [1.807, 2.05) is 6.07 Å². The molecule has 0 saturated heterocycles. The molecule has 56 valence electrons. The zero-order valence-corrected chi connectivity index (χ0v) is 6.47. The molecule has 1 aromatic rings. The number of benzene rings is 1. The first-order chi connectivity index (χ1) is 5.25. The summed E-state index contributed by atoms with van der Waals surface area (Å²) in [5, 5.41) is 13.6. The minimum atomic E-state index is -1.56. The van der Waals surface area contributed by atoms with Gasteiger partial charge < -0.3 is 0 Å². The fraction of sp³-hybridized carbons (Fsp3) is 0. The molecule has 1 aromatic carbocycles. The van der Waals surface area contributed by atoms with Crippen molar-refractivity contribution in [3.63, 3.8) is 0 Å². The second kappa shape index (κ2) is 3.28. The van der Waals surface area contributed by atoms with Crippen molar-refractivity contribution in [1.82, 2.24) is 0 Å². The zero-order valence-electron chi connectivity index (χ0n) is 5.65. The molecule has 1 unspecified atom stereocenters. The van der Waals surface area contributed by atoms with Gasteiger partial charge in [-0.25, -0.2) is 9.35 Å². The maximum atomic E-state index is 10.8. The first kappa shape index (κ1) is 7.92. The van der Waals surface area contributed by atoms with Crippen molar-refractivity contribution in [3.05, 3.63) is 29.8 Å². The van der Waals surface area contributed by atoms with Crippen LogP contribution in [0.25, 0.3) is 0 Å². The molecule has 0 radical (unpaired) electrons. The molecule has 0 aromatic heterocycles. The summed E-state index contributed by atoms with van der Waals surface area (Å²) in [4.78, 5) is 0.384. The van der Waals surface area contributed by atoms with Crippen LogP contribution in [0.3, 0.4) is 0 Å². The number of hydrogen-bond donors (Lipinski definition) is 1. The Hall–Kier alpha value is -1.18. The predicted molar refractivity (Wildman–Crippen MR) is 41.8 cm³/mol. The summed E-state index contributed by atoms with van der Waals surface area (Å²) in [6, 6.07) is 8.46.